The van der Waals surface area contributed by atoms with Gasteiger partial charge in [-0.3, -0.25) is 4.79 Å². The van der Waals surface area contributed by atoms with Gasteiger partial charge in [-0.15, -0.1) is 0 Å². The van der Waals surface area contributed by atoms with Gasteiger partial charge in [-0.05, 0) is 49.9 Å². The van der Waals surface area contributed by atoms with Gasteiger partial charge in [0.25, 0.3) is 5.91 Å². The Morgan fingerprint density at radius 2 is 1.67 bits per heavy atom. The molecule has 210 valence electrons. The molecule has 12 heteroatoms. The summed E-state index contributed by atoms with van der Waals surface area (Å²) in [5.41, 5.74) is -0.680. The highest BCUT2D eigenvalue weighted by Gasteiger charge is 2.46. The number of amides is 3. The van der Waals surface area contributed by atoms with Crippen molar-refractivity contribution in [2.24, 2.45) is 0 Å². The van der Waals surface area contributed by atoms with Gasteiger partial charge in [0, 0.05) is 50.7 Å². The van der Waals surface area contributed by atoms with Gasteiger partial charge in [0.1, 0.15) is 0 Å². The molecule has 0 radical (unpaired) electrons. The molecule has 0 spiro atoms. The lowest BCUT2D eigenvalue weighted by Gasteiger charge is -2.40. The first-order chi connectivity index (χ1) is 18.6. The SMILES string of the molecule is CN1C(=O)c2c(F)c(F)c(F)c(F)c2C1C(CCN1CCC(N2CCCNC2=O)CC1)c1ccc(Cl)c(Cl)c1. The van der Waals surface area contributed by atoms with Crippen LogP contribution in [0.3, 0.4) is 0 Å². The zero-order valence-corrected chi connectivity index (χ0v) is 22.8. The summed E-state index contributed by atoms with van der Waals surface area (Å²) < 4.78 is 58.3. The van der Waals surface area contributed by atoms with E-state index in [1.165, 1.54) is 7.05 Å². The maximum absolute atomic E-state index is 15.2. The van der Waals surface area contributed by atoms with Crippen LogP contribution in [0.5, 0.6) is 0 Å². The van der Waals surface area contributed by atoms with Gasteiger partial charge in [0.2, 0.25) is 0 Å². The monoisotopic (exact) mass is 586 g/mol. The number of likely N-dealkylation sites (tertiary alicyclic amines) is 1. The van der Waals surface area contributed by atoms with Crippen molar-refractivity contribution < 1.29 is 27.2 Å². The molecule has 3 amide bonds. The summed E-state index contributed by atoms with van der Waals surface area (Å²) in [4.78, 5) is 30.4. The van der Waals surface area contributed by atoms with E-state index in [-0.39, 0.29) is 17.1 Å². The number of hydrogen-bond donors (Lipinski definition) is 1. The Bertz CT molecular complexity index is 1310. The van der Waals surface area contributed by atoms with E-state index in [1.54, 1.807) is 18.2 Å². The van der Waals surface area contributed by atoms with Crippen molar-refractivity contribution in [3.8, 4) is 0 Å². The van der Waals surface area contributed by atoms with Crippen molar-refractivity contribution in [1.82, 2.24) is 20.0 Å². The smallest absolute Gasteiger partial charge is 0.317 e. The van der Waals surface area contributed by atoms with Crippen LogP contribution in [-0.4, -0.2) is 72.5 Å². The van der Waals surface area contributed by atoms with Crippen molar-refractivity contribution >= 4 is 35.1 Å². The van der Waals surface area contributed by atoms with E-state index >= 15 is 4.39 Å². The van der Waals surface area contributed by atoms with Crippen LogP contribution in [0.2, 0.25) is 10.0 Å². The Labute approximate surface area is 233 Å². The molecular formula is C27H28Cl2F4N4O2. The maximum atomic E-state index is 15.2. The first-order valence-corrected chi connectivity index (χ1v) is 13.7. The number of nitrogens with zero attached hydrogens (tertiary/aromatic N) is 3. The third-order valence-electron chi connectivity index (χ3n) is 8.17. The molecular weight excluding hydrogens is 559 g/mol. The molecule has 2 aromatic rings. The second-order valence-electron chi connectivity index (χ2n) is 10.3. The molecule has 0 aliphatic carbocycles. The number of carbonyl (C=O) groups is 2. The molecule has 3 aliphatic heterocycles. The molecule has 3 heterocycles. The highest BCUT2D eigenvalue weighted by Crippen LogP contribution is 2.47. The van der Waals surface area contributed by atoms with E-state index in [0.29, 0.717) is 30.1 Å². The highest BCUT2D eigenvalue weighted by atomic mass is 35.5. The maximum Gasteiger partial charge on any atom is 0.317 e. The Kier molecular flexibility index (Phi) is 7.99. The number of nitrogens with one attached hydrogen (secondary N) is 1. The fraction of sp³-hybridized carbons (Fsp3) is 0.481. The van der Waals surface area contributed by atoms with Crippen LogP contribution < -0.4 is 5.32 Å². The van der Waals surface area contributed by atoms with Gasteiger partial charge >= 0.3 is 6.03 Å². The van der Waals surface area contributed by atoms with E-state index in [9.17, 15) is 22.8 Å². The largest absolute Gasteiger partial charge is 0.338 e. The van der Waals surface area contributed by atoms with Crippen LogP contribution >= 0.6 is 23.2 Å². The second-order valence-corrected chi connectivity index (χ2v) is 11.1. The lowest BCUT2D eigenvalue weighted by atomic mass is 9.83. The number of carbonyl (C=O) groups excluding carboxylic acids is 2. The quantitative estimate of drug-likeness (QED) is 0.267. The molecule has 6 nitrogen and oxygen atoms in total. The van der Waals surface area contributed by atoms with E-state index in [0.717, 1.165) is 43.8 Å². The Morgan fingerprint density at radius 1 is 0.974 bits per heavy atom. The molecule has 0 bridgehead atoms. The summed E-state index contributed by atoms with van der Waals surface area (Å²) in [6.07, 6.45) is 2.88. The molecule has 0 saturated carbocycles. The van der Waals surface area contributed by atoms with Crippen LogP contribution in [0.4, 0.5) is 22.4 Å². The van der Waals surface area contributed by atoms with Crippen LogP contribution in [0.15, 0.2) is 18.2 Å². The molecule has 0 aromatic heterocycles. The van der Waals surface area contributed by atoms with Crippen molar-refractivity contribution in [3.05, 3.63) is 68.2 Å². The molecule has 2 fully saturated rings. The third-order valence-corrected chi connectivity index (χ3v) is 8.91. The Morgan fingerprint density at radius 3 is 2.33 bits per heavy atom. The summed E-state index contributed by atoms with van der Waals surface area (Å²) in [5, 5.41) is 3.42. The summed E-state index contributed by atoms with van der Waals surface area (Å²) in [7, 11) is 1.36. The van der Waals surface area contributed by atoms with E-state index in [1.807, 2.05) is 4.90 Å². The summed E-state index contributed by atoms with van der Waals surface area (Å²) in [6.45, 7) is 3.40. The minimum Gasteiger partial charge on any atom is -0.338 e. The first kappa shape index (κ1) is 28.0. The number of rotatable bonds is 6. The number of halogens is 6. The topological polar surface area (TPSA) is 55.9 Å². The van der Waals surface area contributed by atoms with Gasteiger partial charge in [-0.25, -0.2) is 22.4 Å². The van der Waals surface area contributed by atoms with Crippen molar-refractivity contribution in [1.29, 1.82) is 0 Å². The minimum absolute atomic E-state index is 0.0371. The molecule has 2 saturated heterocycles. The van der Waals surface area contributed by atoms with Crippen molar-refractivity contribution in [2.75, 3.05) is 39.8 Å². The molecule has 39 heavy (non-hydrogen) atoms. The molecule has 2 aromatic carbocycles. The first-order valence-electron chi connectivity index (χ1n) is 12.9. The van der Waals surface area contributed by atoms with Crippen LogP contribution in [0.25, 0.3) is 0 Å². The van der Waals surface area contributed by atoms with Crippen LogP contribution in [-0.2, 0) is 0 Å². The predicted octanol–water partition coefficient (Wildman–Crippen LogP) is 5.73. The number of benzene rings is 2. The standard InChI is InChI=1S/C27H28Cl2F4N4O2/c1-35-25(19-20(26(35)38)22(31)24(33)23(32)21(19)30)16(14-3-4-17(28)18(29)13-14)7-12-36-10-5-15(6-11-36)37-9-2-8-34-27(37)39/h3-4,13,15-16,25H,2,5-12H2,1H3,(H,34,39). The van der Waals surface area contributed by atoms with Crippen LogP contribution in [0, 0.1) is 23.3 Å². The molecule has 2 unspecified atom stereocenters. The average molecular weight is 587 g/mol. The number of hydrogen-bond acceptors (Lipinski definition) is 3. The summed E-state index contributed by atoms with van der Waals surface area (Å²) >= 11 is 12.4. The third kappa shape index (κ3) is 5.07. The number of likely N-dealkylation sites (N-methyl/N-ethyl adjacent to an activating group) is 1. The number of fused-ring (bicyclic) bond motifs is 1. The molecule has 5 rings (SSSR count). The van der Waals surface area contributed by atoms with E-state index in [2.05, 4.69) is 10.2 Å². The van der Waals surface area contributed by atoms with Crippen molar-refractivity contribution in [3.63, 3.8) is 0 Å². The molecule has 1 N–H and O–H groups in total. The second kappa shape index (κ2) is 11.1. The Balaban J connectivity index is 1.41. The van der Waals surface area contributed by atoms with Crippen molar-refractivity contribution in [2.45, 2.75) is 43.7 Å². The van der Waals surface area contributed by atoms with Gasteiger partial charge < -0.3 is 20.0 Å². The highest BCUT2D eigenvalue weighted by molar-refractivity contribution is 6.42. The molecule has 2 atom stereocenters. The van der Waals surface area contributed by atoms with Crippen LogP contribution in [0.1, 0.15) is 59.1 Å². The lowest BCUT2D eigenvalue weighted by molar-refractivity contribution is 0.0736. The number of piperidine rings is 1. The average Bonchev–Trinajstić information content (AvgIpc) is 3.19. The van der Waals surface area contributed by atoms with Gasteiger partial charge in [0.15, 0.2) is 23.3 Å². The fourth-order valence-corrected chi connectivity index (χ4v) is 6.43. The normalized spacial score (nSPS) is 21.4. The van der Waals surface area contributed by atoms with E-state index in [4.69, 9.17) is 23.2 Å². The Hall–Kier alpha value is -2.56. The zero-order chi connectivity index (χ0) is 28.0. The fourth-order valence-electron chi connectivity index (χ4n) is 6.13. The number of urea groups is 1. The predicted molar refractivity (Wildman–Crippen MR) is 139 cm³/mol. The zero-order valence-electron chi connectivity index (χ0n) is 21.3. The molecule has 3 aliphatic rings. The summed E-state index contributed by atoms with van der Waals surface area (Å²) in [6, 6.07) is 3.87. The van der Waals surface area contributed by atoms with Gasteiger partial charge in [-0.1, -0.05) is 29.3 Å². The van der Waals surface area contributed by atoms with Gasteiger partial charge in [-0.2, -0.15) is 0 Å². The minimum atomic E-state index is -2.01. The van der Waals surface area contributed by atoms with Gasteiger partial charge in [0.05, 0.1) is 21.7 Å². The van der Waals surface area contributed by atoms with E-state index < -0.39 is 52.3 Å². The lowest BCUT2D eigenvalue weighted by Crippen LogP contribution is -2.54. The summed E-state index contributed by atoms with van der Waals surface area (Å²) in [5.74, 6) is -8.77.